The molecule has 0 fully saturated rings. The number of methoxy groups -OCH3 is 1. The fraction of sp³-hybridized carbons (Fsp3) is 0.316. The Morgan fingerprint density at radius 2 is 2.08 bits per heavy atom. The maximum atomic E-state index is 6.23. The Morgan fingerprint density at radius 1 is 1.32 bits per heavy atom. The van der Waals surface area contributed by atoms with E-state index in [-0.39, 0.29) is 12.3 Å². The van der Waals surface area contributed by atoms with E-state index in [1.165, 1.54) is 0 Å². The number of hydrogen-bond acceptors (Lipinski definition) is 4. The van der Waals surface area contributed by atoms with Crippen LogP contribution >= 0.6 is 27.5 Å². The van der Waals surface area contributed by atoms with Gasteiger partial charge in [0.15, 0.2) is 17.7 Å². The van der Waals surface area contributed by atoms with Crippen LogP contribution in [-0.2, 0) is 0 Å². The molecule has 0 saturated heterocycles. The molecule has 0 aliphatic carbocycles. The van der Waals surface area contributed by atoms with Crippen LogP contribution in [0.25, 0.3) is 0 Å². The Balaban J connectivity index is 1.76. The Hall–Kier alpha value is -1.72. The van der Waals surface area contributed by atoms with Gasteiger partial charge in [0.05, 0.1) is 18.9 Å². The fourth-order valence-electron chi connectivity index (χ4n) is 3.44. The maximum Gasteiger partial charge on any atom is 0.187 e. The molecule has 0 spiro atoms. The second kappa shape index (κ2) is 6.54. The van der Waals surface area contributed by atoms with Crippen molar-refractivity contribution in [3.8, 4) is 11.5 Å². The third-order valence-corrected chi connectivity index (χ3v) is 5.35. The molecular weight excluding hydrogens is 404 g/mol. The Bertz CT molecular complexity index is 838. The van der Waals surface area contributed by atoms with Gasteiger partial charge in [0, 0.05) is 27.9 Å². The van der Waals surface area contributed by atoms with Gasteiger partial charge in [-0.05, 0) is 29.8 Å². The number of nitrogens with zero attached hydrogens (tertiary/aromatic N) is 2. The molecule has 0 N–H and O–H groups in total. The van der Waals surface area contributed by atoms with Crippen molar-refractivity contribution in [2.45, 2.75) is 32.0 Å². The zero-order chi connectivity index (χ0) is 17.6. The van der Waals surface area contributed by atoms with E-state index >= 15 is 0 Å². The van der Waals surface area contributed by atoms with Crippen LogP contribution in [-0.4, -0.2) is 24.1 Å². The highest BCUT2D eigenvalue weighted by atomic mass is 79.9. The first kappa shape index (κ1) is 16.7. The van der Waals surface area contributed by atoms with Gasteiger partial charge in [-0.25, -0.2) is 0 Å². The summed E-state index contributed by atoms with van der Waals surface area (Å²) in [4.78, 5) is 0. The molecule has 25 heavy (non-hydrogen) atoms. The van der Waals surface area contributed by atoms with Crippen LogP contribution in [0.2, 0.25) is 5.02 Å². The highest BCUT2D eigenvalue weighted by Crippen LogP contribution is 2.48. The average molecular weight is 422 g/mol. The van der Waals surface area contributed by atoms with E-state index in [4.69, 9.17) is 26.2 Å². The molecule has 2 atom stereocenters. The van der Waals surface area contributed by atoms with Crippen molar-refractivity contribution in [3.05, 3.63) is 57.0 Å². The summed E-state index contributed by atoms with van der Waals surface area (Å²) in [5.74, 6) is 1.58. The van der Waals surface area contributed by atoms with Crippen LogP contribution in [0.1, 0.15) is 36.9 Å². The number of fused-ring (bicyclic) bond motifs is 3. The SMILES string of the molecule is CC[C@H]1Oc2c(OC)cc(Br)cc2[C@@H]2CC(c3ccc(Cl)cc3)=NN12. The Labute approximate surface area is 160 Å². The van der Waals surface area contributed by atoms with E-state index in [1.54, 1.807) is 7.11 Å². The number of benzene rings is 2. The molecule has 2 aromatic carbocycles. The van der Waals surface area contributed by atoms with Gasteiger partial charge in [-0.2, -0.15) is 5.10 Å². The maximum absolute atomic E-state index is 6.23. The third kappa shape index (κ3) is 2.89. The molecule has 0 aromatic heterocycles. The van der Waals surface area contributed by atoms with E-state index in [2.05, 4.69) is 33.9 Å². The first-order valence-electron chi connectivity index (χ1n) is 8.26. The normalized spacial score (nSPS) is 21.3. The van der Waals surface area contributed by atoms with Crippen molar-refractivity contribution < 1.29 is 9.47 Å². The zero-order valence-electron chi connectivity index (χ0n) is 14.0. The number of ether oxygens (including phenoxy) is 2. The predicted octanol–water partition coefficient (Wildman–Crippen LogP) is 5.39. The summed E-state index contributed by atoms with van der Waals surface area (Å²) >= 11 is 9.59. The lowest BCUT2D eigenvalue weighted by atomic mass is 9.96. The van der Waals surface area contributed by atoms with Gasteiger partial charge < -0.3 is 9.47 Å². The molecule has 6 heteroatoms. The molecule has 0 amide bonds. The van der Waals surface area contributed by atoms with Gasteiger partial charge in [0.1, 0.15) is 0 Å². The van der Waals surface area contributed by atoms with Crippen molar-refractivity contribution >= 4 is 33.2 Å². The second-order valence-electron chi connectivity index (χ2n) is 6.16. The molecule has 130 valence electrons. The molecular formula is C19H18BrClN2O2. The summed E-state index contributed by atoms with van der Waals surface area (Å²) in [6, 6.07) is 12.0. The lowest BCUT2D eigenvalue weighted by Gasteiger charge is -2.38. The number of hydrazone groups is 1. The first-order chi connectivity index (χ1) is 12.1. The smallest absolute Gasteiger partial charge is 0.187 e. The minimum absolute atomic E-state index is 0.0997. The van der Waals surface area contributed by atoms with Crippen LogP contribution < -0.4 is 9.47 Å². The van der Waals surface area contributed by atoms with E-state index in [0.717, 1.165) is 50.7 Å². The zero-order valence-corrected chi connectivity index (χ0v) is 16.3. The highest BCUT2D eigenvalue weighted by molar-refractivity contribution is 9.10. The highest BCUT2D eigenvalue weighted by Gasteiger charge is 2.40. The van der Waals surface area contributed by atoms with Crippen LogP contribution in [0.3, 0.4) is 0 Å². The molecule has 0 saturated carbocycles. The number of rotatable bonds is 3. The molecule has 4 rings (SSSR count). The fourth-order valence-corrected chi connectivity index (χ4v) is 4.02. The minimum Gasteiger partial charge on any atom is -0.493 e. The Morgan fingerprint density at radius 3 is 2.76 bits per heavy atom. The predicted molar refractivity (Wildman–Crippen MR) is 103 cm³/mol. The van der Waals surface area contributed by atoms with E-state index in [9.17, 15) is 0 Å². The lowest BCUT2D eigenvalue weighted by molar-refractivity contribution is -0.0206. The molecule has 0 bridgehead atoms. The molecule has 2 aliphatic rings. The van der Waals surface area contributed by atoms with E-state index in [0.29, 0.717) is 0 Å². The van der Waals surface area contributed by atoms with E-state index in [1.807, 2.05) is 30.3 Å². The molecule has 2 aliphatic heterocycles. The molecule has 4 nitrogen and oxygen atoms in total. The van der Waals surface area contributed by atoms with Gasteiger partial charge in [0.25, 0.3) is 0 Å². The van der Waals surface area contributed by atoms with Crippen LogP contribution in [0, 0.1) is 0 Å². The van der Waals surface area contributed by atoms with Crippen molar-refractivity contribution in [3.63, 3.8) is 0 Å². The number of hydrogen-bond donors (Lipinski definition) is 0. The van der Waals surface area contributed by atoms with Gasteiger partial charge in [-0.1, -0.05) is 46.6 Å². The summed E-state index contributed by atoms with van der Waals surface area (Å²) in [5, 5.41) is 7.68. The quantitative estimate of drug-likeness (QED) is 0.666. The third-order valence-electron chi connectivity index (χ3n) is 4.65. The van der Waals surface area contributed by atoms with E-state index < -0.39 is 0 Å². The minimum atomic E-state index is -0.0997. The Kier molecular flexibility index (Phi) is 4.38. The molecule has 0 unspecified atom stereocenters. The number of halogens is 2. The second-order valence-corrected chi connectivity index (χ2v) is 7.51. The van der Waals surface area contributed by atoms with Crippen molar-refractivity contribution in [2.75, 3.05) is 7.11 Å². The largest absolute Gasteiger partial charge is 0.493 e. The van der Waals surface area contributed by atoms with Crippen molar-refractivity contribution in [1.82, 2.24) is 5.01 Å². The van der Waals surface area contributed by atoms with Crippen LogP contribution in [0.15, 0.2) is 46.0 Å². The van der Waals surface area contributed by atoms with Crippen LogP contribution in [0.4, 0.5) is 0 Å². The summed E-state index contributed by atoms with van der Waals surface area (Å²) in [5.41, 5.74) is 3.25. The van der Waals surface area contributed by atoms with Gasteiger partial charge in [-0.15, -0.1) is 0 Å². The summed E-state index contributed by atoms with van der Waals surface area (Å²) in [6.07, 6.45) is 1.57. The summed E-state index contributed by atoms with van der Waals surface area (Å²) in [7, 11) is 1.67. The van der Waals surface area contributed by atoms with Crippen LogP contribution in [0.5, 0.6) is 11.5 Å². The van der Waals surface area contributed by atoms with Crippen molar-refractivity contribution in [1.29, 1.82) is 0 Å². The van der Waals surface area contributed by atoms with Gasteiger partial charge >= 0.3 is 0 Å². The van der Waals surface area contributed by atoms with Gasteiger partial charge in [0.2, 0.25) is 0 Å². The summed E-state index contributed by atoms with van der Waals surface area (Å²) in [6.45, 7) is 2.11. The van der Waals surface area contributed by atoms with Crippen molar-refractivity contribution in [2.24, 2.45) is 5.10 Å². The van der Waals surface area contributed by atoms with Gasteiger partial charge in [-0.3, -0.25) is 5.01 Å². The first-order valence-corrected chi connectivity index (χ1v) is 9.43. The summed E-state index contributed by atoms with van der Waals surface area (Å²) < 4.78 is 12.7. The standard InChI is InChI=1S/C19H18BrClN2O2/c1-3-18-23-16(10-15(22-23)11-4-6-13(21)7-5-11)14-8-12(20)9-17(24-2)19(14)25-18/h4-9,16,18H,3,10H2,1-2H3/t16-,18+/m0/s1. The monoisotopic (exact) mass is 420 g/mol. The average Bonchev–Trinajstić information content (AvgIpc) is 3.06. The molecule has 0 radical (unpaired) electrons. The molecule has 2 heterocycles. The lowest BCUT2D eigenvalue weighted by Crippen LogP contribution is -2.39. The molecule has 2 aromatic rings. The topological polar surface area (TPSA) is 34.1 Å².